The van der Waals surface area contributed by atoms with Crippen LogP contribution >= 0.6 is 0 Å². The standard InChI is InChI=1S/C11H11F2NO4S/c12-7-1-3-8(4-2-7)19(17,18)14-6-5-9(13)10(14)11(15)16/h1-4,9-10H,5-6H2,(H,15,16)/t9-,10?/m0/s1. The van der Waals surface area contributed by atoms with E-state index in [1.807, 2.05) is 0 Å². The third-order valence-corrected chi connectivity index (χ3v) is 4.85. The van der Waals surface area contributed by atoms with Crippen molar-refractivity contribution < 1.29 is 27.1 Å². The van der Waals surface area contributed by atoms with E-state index in [4.69, 9.17) is 5.11 Å². The van der Waals surface area contributed by atoms with Gasteiger partial charge in [-0.25, -0.2) is 17.2 Å². The van der Waals surface area contributed by atoms with Crippen LogP contribution in [0.25, 0.3) is 0 Å². The molecule has 1 aliphatic rings. The molecule has 2 rings (SSSR count). The van der Waals surface area contributed by atoms with Gasteiger partial charge in [0.15, 0.2) is 6.04 Å². The molecule has 1 heterocycles. The second-order valence-electron chi connectivity index (χ2n) is 4.16. The number of halogens is 2. The lowest BCUT2D eigenvalue weighted by Gasteiger charge is -2.21. The lowest BCUT2D eigenvalue weighted by Crippen LogP contribution is -2.43. The van der Waals surface area contributed by atoms with E-state index in [2.05, 4.69) is 0 Å². The summed E-state index contributed by atoms with van der Waals surface area (Å²) < 4.78 is 51.2. The Balaban J connectivity index is 2.39. The Hall–Kier alpha value is -1.54. The Labute approximate surface area is 108 Å². The Bertz CT molecular complexity index is 587. The molecular weight excluding hydrogens is 280 g/mol. The molecule has 0 amide bonds. The molecule has 1 saturated heterocycles. The molecule has 1 N–H and O–H groups in total. The van der Waals surface area contributed by atoms with E-state index in [1.54, 1.807) is 0 Å². The summed E-state index contributed by atoms with van der Waals surface area (Å²) in [6.07, 6.45) is -1.91. The number of rotatable bonds is 3. The average molecular weight is 291 g/mol. The zero-order chi connectivity index (χ0) is 14.2. The van der Waals surface area contributed by atoms with Gasteiger partial charge >= 0.3 is 5.97 Å². The molecule has 0 aromatic heterocycles. The SMILES string of the molecule is O=C(O)C1[C@@H](F)CCN1S(=O)(=O)c1ccc(F)cc1. The predicted molar refractivity (Wildman–Crippen MR) is 61.2 cm³/mol. The number of carboxylic acid groups (broad SMARTS) is 1. The Kier molecular flexibility index (Phi) is 3.55. The van der Waals surface area contributed by atoms with E-state index in [1.165, 1.54) is 0 Å². The summed E-state index contributed by atoms with van der Waals surface area (Å²) >= 11 is 0. The van der Waals surface area contributed by atoms with E-state index in [0.29, 0.717) is 4.31 Å². The van der Waals surface area contributed by atoms with Gasteiger partial charge in [0.25, 0.3) is 0 Å². The fourth-order valence-corrected chi connectivity index (χ4v) is 3.64. The number of carbonyl (C=O) groups is 1. The van der Waals surface area contributed by atoms with Crippen LogP contribution < -0.4 is 0 Å². The van der Waals surface area contributed by atoms with Crippen molar-refractivity contribution in [3.05, 3.63) is 30.1 Å². The molecule has 0 spiro atoms. The molecule has 1 aromatic carbocycles. The molecule has 0 saturated carbocycles. The van der Waals surface area contributed by atoms with Crippen LogP contribution in [0.5, 0.6) is 0 Å². The first-order valence-corrected chi connectivity index (χ1v) is 6.92. The Morgan fingerprint density at radius 3 is 2.42 bits per heavy atom. The molecule has 19 heavy (non-hydrogen) atoms. The molecule has 2 atom stereocenters. The van der Waals surface area contributed by atoms with Gasteiger partial charge < -0.3 is 5.11 Å². The van der Waals surface area contributed by atoms with E-state index in [0.717, 1.165) is 24.3 Å². The quantitative estimate of drug-likeness (QED) is 0.902. The van der Waals surface area contributed by atoms with Crippen molar-refractivity contribution in [3.63, 3.8) is 0 Å². The van der Waals surface area contributed by atoms with Crippen LogP contribution in [0.2, 0.25) is 0 Å². The summed E-state index contributed by atoms with van der Waals surface area (Å²) in [4.78, 5) is 10.7. The van der Waals surface area contributed by atoms with E-state index in [9.17, 15) is 22.0 Å². The second kappa shape index (κ2) is 4.86. The molecule has 0 radical (unpaired) electrons. The highest BCUT2D eigenvalue weighted by molar-refractivity contribution is 7.89. The van der Waals surface area contributed by atoms with Gasteiger partial charge in [-0.2, -0.15) is 4.31 Å². The fourth-order valence-electron chi connectivity index (χ4n) is 2.02. The minimum absolute atomic E-state index is 0.169. The van der Waals surface area contributed by atoms with Crippen LogP contribution in [0.15, 0.2) is 29.2 Å². The topological polar surface area (TPSA) is 74.7 Å². The number of aliphatic carboxylic acids is 1. The summed E-state index contributed by atoms with van der Waals surface area (Å²) in [6, 6.07) is 2.22. The van der Waals surface area contributed by atoms with Crippen LogP contribution in [0.1, 0.15) is 6.42 Å². The van der Waals surface area contributed by atoms with Crippen molar-refractivity contribution in [2.75, 3.05) is 6.54 Å². The van der Waals surface area contributed by atoms with Crippen molar-refractivity contribution in [1.82, 2.24) is 4.31 Å². The van der Waals surface area contributed by atoms with Crippen LogP contribution in [0, 0.1) is 5.82 Å². The van der Waals surface area contributed by atoms with Gasteiger partial charge in [0.2, 0.25) is 10.0 Å². The molecule has 8 heteroatoms. The Morgan fingerprint density at radius 2 is 1.89 bits per heavy atom. The Morgan fingerprint density at radius 1 is 1.32 bits per heavy atom. The van der Waals surface area contributed by atoms with E-state index >= 15 is 0 Å². The number of hydrogen-bond donors (Lipinski definition) is 1. The van der Waals surface area contributed by atoms with Gasteiger partial charge in [-0.05, 0) is 30.7 Å². The maximum absolute atomic E-state index is 13.5. The van der Waals surface area contributed by atoms with Crippen LogP contribution in [0.3, 0.4) is 0 Å². The number of nitrogens with zero attached hydrogens (tertiary/aromatic N) is 1. The van der Waals surface area contributed by atoms with E-state index in [-0.39, 0.29) is 17.9 Å². The molecule has 1 aliphatic heterocycles. The fraction of sp³-hybridized carbons (Fsp3) is 0.364. The molecule has 1 unspecified atom stereocenters. The normalized spacial score (nSPS) is 24.5. The summed E-state index contributed by atoms with van der Waals surface area (Å²) in [5.41, 5.74) is 0. The molecule has 1 fully saturated rings. The average Bonchev–Trinajstić information content (AvgIpc) is 2.72. The maximum Gasteiger partial charge on any atom is 0.325 e. The monoisotopic (exact) mass is 291 g/mol. The number of hydrogen-bond acceptors (Lipinski definition) is 3. The summed E-state index contributed by atoms with van der Waals surface area (Å²) in [6.45, 7) is -0.210. The second-order valence-corrected chi connectivity index (χ2v) is 6.05. The molecule has 1 aromatic rings. The first-order chi connectivity index (χ1) is 8.84. The highest BCUT2D eigenvalue weighted by Gasteiger charge is 2.46. The van der Waals surface area contributed by atoms with Gasteiger partial charge in [0.05, 0.1) is 4.90 Å². The first-order valence-electron chi connectivity index (χ1n) is 5.48. The van der Waals surface area contributed by atoms with E-state index < -0.39 is 34.0 Å². The minimum atomic E-state index is -4.14. The number of carboxylic acids is 1. The zero-order valence-corrected chi connectivity index (χ0v) is 10.5. The molecule has 104 valence electrons. The minimum Gasteiger partial charge on any atom is -0.480 e. The summed E-state index contributed by atoms with van der Waals surface area (Å²) in [5.74, 6) is -2.14. The van der Waals surface area contributed by atoms with Crippen molar-refractivity contribution in [1.29, 1.82) is 0 Å². The number of benzene rings is 1. The van der Waals surface area contributed by atoms with Gasteiger partial charge in [-0.3, -0.25) is 4.79 Å². The maximum atomic E-state index is 13.5. The predicted octanol–water partition coefficient (Wildman–Crippen LogP) is 1.01. The van der Waals surface area contributed by atoms with Gasteiger partial charge in [-0.1, -0.05) is 0 Å². The lowest BCUT2D eigenvalue weighted by molar-refractivity contribution is -0.142. The smallest absolute Gasteiger partial charge is 0.325 e. The zero-order valence-electron chi connectivity index (χ0n) is 9.66. The van der Waals surface area contributed by atoms with Crippen molar-refractivity contribution in [2.24, 2.45) is 0 Å². The van der Waals surface area contributed by atoms with Gasteiger partial charge in [-0.15, -0.1) is 0 Å². The summed E-state index contributed by atoms with van der Waals surface area (Å²) in [7, 11) is -4.14. The highest BCUT2D eigenvalue weighted by atomic mass is 32.2. The van der Waals surface area contributed by atoms with Crippen molar-refractivity contribution in [2.45, 2.75) is 23.5 Å². The van der Waals surface area contributed by atoms with Crippen LogP contribution in [-0.2, 0) is 14.8 Å². The number of alkyl halides is 1. The number of sulfonamides is 1. The van der Waals surface area contributed by atoms with Crippen LogP contribution in [0.4, 0.5) is 8.78 Å². The summed E-state index contributed by atoms with van der Waals surface area (Å²) in [5, 5.41) is 8.90. The third-order valence-electron chi connectivity index (χ3n) is 2.95. The van der Waals surface area contributed by atoms with Gasteiger partial charge in [0.1, 0.15) is 12.0 Å². The molecule has 0 bridgehead atoms. The van der Waals surface area contributed by atoms with Gasteiger partial charge in [0, 0.05) is 6.54 Å². The lowest BCUT2D eigenvalue weighted by atomic mass is 10.2. The van der Waals surface area contributed by atoms with Crippen LogP contribution in [-0.4, -0.2) is 42.6 Å². The first kappa shape index (κ1) is 13.9. The third kappa shape index (κ3) is 2.45. The molecular formula is C11H11F2NO4S. The molecule has 5 nitrogen and oxygen atoms in total. The highest BCUT2D eigenvalue weighted by Crippen LogP contribution is 2.28. The molecule has 0 aliphatic carbocycles. The largest absolute Gasteiger partial charge is 0.480 e. The van der Waals surface area contributed by atoms with Crippen molar-refractivity contribution in [3.8, 4) is 0 Å². The van der Waals surface area contributed by atoms with Crippen molar-refractivity contribution >= 4 is 16.0 Å².